The first-order valence-corrected chi connectivity index (χ1v) is 8.50. The molecule has 0 saturated heterocycles. The summed E-state index contributed by atoms with van der Waals surface area (Å²) in [5.74, 6) is -0.380. The number of hydrogen-bond acceptors (Lipinski definition) is 4. The van der Waals surface area contributed by atoms with Gasteiger partial charge >= 0.3 is 5.97 Å². The second kappa shape index (κ2) is 7.03. The lowest BCUT2D eigenvalue weighted by Gasteiger charge is -2.30. The zero-order valence-electron chi connectivity index (χ0n) is 14.0. The summed E-state index contributed by atoms with van der Waals surface area (Å²) >= 11 is 0. The zero-order chi connectivity index (χ0) is 17.1. The molecule has 2 aromatic rings. The SMILES string of the molecule is C[C@H](OC(=O)c1n[nH]c2ccccc12)C(=O)N[C@H]1CCCC[C@@H]1C. The van der Waals surface area contributed by atoms with Crippen molar-refractivity contribution in [3.8, 4) is 0 Å². The van der Waals surface area contributed by atoms with Crippen molar-refractivity contribution in [1.82, 2.24) is 15.5 Å². The van der Waals surface area contributed by atoms with Gasteiger partial charge in [-0.3, -0.25) is 9.89 Å². The van der Waals surface area contributed by atoms with Gasteiger partial charge < -0.3 is 10.1 Å². The van der Waals surface area contributed by atoms with Crippen LogP contribution < -0.4 is 5.32 Å². The molecule has 0 aliphatic heterocycles. The van der Waals surface area contributed by atoms with Crippen molar-refractivity contribution in [1.29, 1.82) is 0 Å². The maximum atomic E-state index is 12.3. The van der Waals surface area contributed by atoms with Crippen molar-refractivity contribution < 1.29 is 14.3 Å². The van der Waals surface area contributed by atoms with E-state index in [0.29, 0.717) is 11.3 Å². The number of para-hydroxylation sites is 1. The normalized spacial score (nSPS) is 22.1. The van der Waals surface area contributed by atoms with Crippen LogP contribution in [0.3, 0.4) is 0 Å². The Morgan fingerprint density at radius 3 is 2.83 bits per heavy atom. The molecule has 0 unspecified atom stereocenters. The van der Waals surface area contributed by atoms with E-state index in [1.54, 1.807) is 13.0 Å². The number of benzene rings is 1. The molecule has 128 valence electrons. The molecule has 3 atom stereocenters. The van der Waals surface area contributed by atoms with Crippen LogP contribution in [0.2, 0.25) is 0 Å². The van der Waals surface area contributed by atoms with Gasteiger partial charge in [0, 0.05) is 11.4 Å². The first-order valence-electron chi connectivity index (χ1n) is 8.50. The van der Waals surface area contributed by atoms with Crippen molar-refractivity contribution in [2.24, 2.45) is 5.92 Å². The Morgan fingerprint density at radius 2 is 2.04 bits per heavy atom. The lowest BCUT2D eigenvalue weighted by Crippen LogP contribution is -2.46. The standard InChI is InChI=1S/C18H23N3O3/c1-11-7-3-5-9-14(11)19-17(22)12(2)24-18(23)16-13-8-4-6-10-15(13)20-21-16/h4,6,8,10-12,14H,3,5,7,9H2,1-2H3,(H,19,22)(H,20,21)/t11-,12-,14-/m0/s1. The Kier molecular flexibility index (Phi) is 4.83. The fraction of sp³-hybridized carbons (Fsp3) is 0.500. The van der Waals surface area contributed by atoms with Crippen LogP contribution in [-0.4, -0.2) is 34.2 Å². The molecule has 2 N–H and O–H groups in total. The number of ether oxygens (including phenoxy) is 1. The first-order chi connectivity index (χ1) is 11.6. The van der Waals surface area contributed by atoms with Crippen molar-refractivity contribution in [2.45, 2.75) is 51.7 Å². The highest BCUT2D eigenvalue weighted by atomic mass is 16.5. The van der Waals surface area contributed by atoms with E-state index in [4.69, 9.17) is 4.74 Å². The maximum absolute atomic E-state index is 12.3. The van der Waals surface area contributed by atoms with Crippen molar-refractivity contribution in [3.05, 3.63) is 30.0 Å². The van der Waals surface area contributed by atoms with E-state index in [1.165, 1.54) is 6.42 Å². The first kappa shape index (κ1) is 16.5. The summed E-state index contributed by atoms with van der Waals surface area (Å²) in [6.45, 7) is 3.74. The van der Waals surface area contributed by atoms with E-state index < -0.39 is 12.1 Å². The van der Waals surface area contributed by atoms with E-state index in [9.17, 15) is 9.59 Å². The molecule has 24 heavy (non-hydrogen) atoms. The fourth-order valence-corrected chi connectivity index (χ4v) is 3.22. The van der Waals surface area contributed by atoms with Gasteiger partial charge in [-0.05, 0) is 31.7 Å². The Bertz CT molecular complexity index is 740. The molecule has 1 fully saturated rings. The number of amides is 1. The van der Waals surface area contributed by atoms with Crippen molar-refractivity contribution in [3.63, 3.8) is 0 Å². The van der Waals surface area contributed by atoms with Gasteiger partial charge in [0.2, 0.25) is 0 Å². The molecule has 3 rings (SSSR count). The summed E-state index contributed by atoms with van der Waals surface area (Å²) in [5, 5.41) is 10.5. The number of carbonyl (C=O) groups is 2. The number of aromatic nitrogens is 2. The van der Waals surface area contributed by atoms with Gasteiger partial charge in [0.15, 0.2) is 11.8 Å². The van der Waals surface area contributed by atoms with Crippen LogP contribution >= 0.6 is 0 Å². The van der Waals surface area contributed by atoms with Gasteiger partial charge in [0.1, 0.15) is 0 Å². The summed E-state index contributed by atoms with van der Waals surface area (Å²) < 4.78 is 5.31. The number of hydrogen-bond donors (Lipinski definition) is 2. The lowest BCUT2D eigenvalue weighted by atomic mass is 9.86. The molecule has 0 bridgehead atoms. The maximum Gasteiger partial charge on any atom is 0.360 e. The predicted octanol–water partition coefficient (Wildman–Crippen LogP) is 2.80. The van der Waals surface area contributed by atoms with Crippen LogP contribution in [0.25, 0.3) is 10.9 Å². The Labute approximate surface area is 141 Å². The van der Waals surface area contributed by atoms with E-state index in [1.807, 2.05) is 18.2 Å². The van der Waals surface area contributed by atoms with E-state index in [-0.39, 0.29) is 17.6 Å². The van der Waals surface area contributed by atoms with E-state index >= 15 is 0 Å². The Morgan fingerprint density at radius 1 is 1.29 bits per heavy atom. The molecule has 1 aromatic carbocycles. The number of H-pyrrole nitrogens is 1. The highest BCUT2D eigenvalue weighted by Crippen LogP contribution is 2.24. The second-order valence-corrected chi connectivity index (χ2v) is 6.54. The molecule has 1 aliphatic carbocycles. The molecule has 1 saturated carbocycles. The molecule has 1 aromatic heterocycles. The molecular formula is C18H23N3O3. The van der Waals surface area contributed by atoms with Crippen LogP contribution in [0.1, 0.15) is 50.0 Å². The smallest absolute Gasteiger partial charge is 0.360 e. The third kappa shape index (κ3) is 3.42. The van der Waals surface area contributed by atoms with Crippen LogP contribution in [0, 0.1) is 5.92 Å². The zero-order valence-corrected chi connectivity index (χ0v) is 14.0. The van der Waals surface area contributed by atoms with Crippen LogP contribution in [0.4, 0.5) is 0 Å². The molecular weight excluding hydrogens is 306 g/mol. The molecule has 6 nitrogen and oxygen atoms in total. The minimum absolute atomic E-state index is 0.165. The van der Waals surface area contributed by atoms with Crippen LogP contribution in [0.15, 0.2) is 24.3 Å². The van der Waals surface area contributed by atoms with E-state index in [2.05, 4.69) is 22.4 Å². The third-order valence-corrected chi connectivity index (χ3v) is 4.76. The molecule has 1 amide bonds. The minimum atomic E-state index is -0.845. The average Bonchev–Trinajstić information content (AvgIpc) is 3.01. The lowest BCUT2D eigenvalue weighted by molar-refractivity contribution is -0.130. The number of nitrogens with one attached hydrogen (secondary N) is 2. The van der Waals surface area contributed by atoms with Gasteiger partial charge in [-0.25, -0.2) is 4.79 Å². The summed E-state index contributed by atoms with van der Waals surface area (Å²) in [7, 11) is 0. The topological polar surface area (TPSA) is 84.1 Å². The molecule has 6 heteroatoms. The monoisotopic (exact) mass is 329 g/mol. The summed E-state index contributed by atoms with van der Waals surface area (Å²) in [6.07, 6.45) is 3.60. The second-order valence-electron chi connectivity index (χ2n) is 6.54. The summed E-state index contributed by atoms with van der Waals surface area (Å²) in [5.41, 5.74) is 0.967. The number of carbonyl (C=O) groups excluding carboxylic acids is 2. The van der Waals surface area contributed by atoms with Crippen LogP contribution in [-0.2, 0) is 9.53 Å². The number of esters is 1. The predicted molar refractivity (Wildman–Crippen MR) is 90.5 cm³/mol. The highest BCUT2D eigenvalue weighted by Gasteiger charge is 2.27. The van der Waals surface area contributed by atoms with Gasteiger partial charge in [-0.2, -0.15) is 5.10 Å². The number of fused-ring (bicyclic) bond motifs is 1. The molecule has 1 heterocycles. The number of nitrogens with zero attached hydrogens (tertiary/aromatic N) is 1. The van der Waals surface area contributed by atoms with Crippen molar-refractivity contribution in [2.75, 3.05) is 0 Å². The molecule has 0 spiro atoms. The fourth-order valence-electron chi connectivity index (χ4n) is 3.22. The quantitative estimate of drug-likeness (QED) is 0.845. The average molecular weight is 329 g/mol. The van der Waals surface area contributed by atoms with Crippen molar-refractivity contribution >= 4 is 22.8 Å². The summed E-state index contributed by atoms with van der Waals surface area (Å²) in [4.78, 5) is 24.6. The Hall–Kier alpha value is -2.37. The number of rotatable bonds is 4. The van der Waals surface area contributed by atoms with E-state index in [0.717, 1.165) is 24.8 Å². The summed E-state index contributed by atoms with van der Waals surface area (Å²) in [6, 6.07) is 7.48. The minimum Gasteiger partial charge on any atom is -0.448 e. The largest absolute Gasteiger partial charge is 0.448 e. The molecule has 1 aliphatic rings. The number of aromatic amines is 1. The molecule has 0 radical (unpaired) electrons. The highest BCUT2D eigenvalue weighted by molar-refractivity contribution is 6.02. The Balaban J connectivity index is 1.62. The third-order valence-electron chi connectivity index (χ3n) is 4.76. The van der Waals surface area contributed by atoms with Crippen LogP contribution in [0.5, 0.6) is 0 Å². The van der Waals surface area contributed by atoms with Gasteiger partial charge in [-0.1, -0.05) is 38.0 Å². The van der Waals surface area contributed by atoms with Gasteiger partial charge in [0.05, 0.1) is 5.52 Å². The van der Waals surface area contributed by atoms with Gasteiger partial charge in [0.25, 0.3) is 5.91 Å². The van der Waals surface area contributed by atoms with Gasteiger partial charge in [-0.15, -0.1) is 0 Å².